The summed E-state index contributed by atoms with van der Waals surface area (Å²) < 4.78 is 5.87. The van der Waals surface area contributed by atoms with E-state index in [0.29, 0.717) is 11.9 Å². The molecule has 1 aliphatic carbocycles. The molecule has 0 atom stereocenters. The summed E-state index contributed by atoms with van der Waals surface area (Å²) >= 11 is 5.89. The van der Waals surface area contributed by atoms with Gasteiger partial charge in [-0.3, -0.25) is 0 Å². The second-order valence-corrected chi connectivity index (χ2v) is 6.60. The number of benzene rings is 2. The normalized spacial score (nSPS) is 15.2. The molecule has 0 saturated heterocycles. The number of nitrogens with one attached hydrogen (secondary N) is 1. The minimum Gasteiger partial charge on any atom is -0.407 e. The minimum absolute atomic E-state index is 0.0790. The third-order valence-electron chi connectivity index (χ3n) is 4.51. The number of rotatable bonds is 6. The fourth-order valence-corrected chi connectivity index (χ4v) is 3.09. The highest BCUT2D eigenvalue weighted by Crippen LogP contribution is 2.52. The number of hydrogen-bond acceptors (Lipinski definition) is 4. The van der Waals surface area contributed by atoms with Gasteiger partial charge in [0.25, 0.3) is 0 Å². The molecule has 3 aromatic rings. The zero-order valence-electron chi connectivity index (χ0n) is 13.2. The number of nitrogens with zero attached hydrogens (tertiary/aromatic N) is 2. The lowest BCUT2D eigenvalue weighted by molar-refractivity contribution is 0.471. The highest BCUT2D eigenvalue weighted by atomic mass is 35.5. The molecule has 5 heteroatoms. The van der Waals surface area contributed by atoms with E-state index in [1.54, 1.807) is 0 Å². The van der Waals surface area contributed by atoms with E-state index in [1.807, 2.05) is 30.3 Å². The maximum atomic E-state index is 5.89. The average Bonchev–Trinajstić information content (AvgIpc) is 3.30. The summed E-state index contributed by atoms with van der Waals surface area (Å²) in [6.07, 6.45) is 2.99. The lowest BCUT2D eigenvalue weighted by Gasteiger charge is -2.10. The molecule has 1 aromatic heterocycles. The van der Waals surface area contributed by atoms with Crippen molar-refractivity contribution < 1.29 is 4.42 Å². The fraction of sp³-hybridized carbons (Fsp3) is 0.263. The molecule has 0 radical (unpaired) electrons. The van der Waals surface area contributed by atoms with Crippen molar-refractivity contribution in [3.8, 4) is 0 Å². The van der Waals surface area contributed by atoms with E-state index >= 15 is 0 Å². The standard InChI is InChI=1S/C19H18ClN3O/c20-16-8-6-14(7-9-16)10-13-21-18-23-22-17(24-18)19(11-12-19)15-4-2-1-3-5-15/h1-9H,10-13H2,(H,21,23). The van der Waals surface area contributed by atoms with Crippen molar-refractivity contribution in [3.05, 3.63) is 76.6 Å². The minimum atomic E-state index is -0.0790. The first-order valence-corrected chi connectivity index (χ1v) is 8.52. The molecule has 2 aromatic carbocycles. The molecule has 1 N–H and O–H groups in total. The molecule has 0 amide bonds. The lowest BCUT2D eigenvalue weighted by atomic mass is 9.96. The zero-order chi connectivity index (χ0) is 16.4. The van der Waals surface area contributed by atoms with Crippen LogP contribution >= 0.6 is 11.6 Å². The van der Waals surface area contributed by atoms with E-state index in [2.05, 4.69) is 39.8 Å². The van der Waals surface area contributed by atoms with Crippen molar-refractivity contribution in [2.45, 2.75) is 24.7 Å². The van der Waals surface area contributed by atoms with Crippen molar-refractivity contribution in [2.75, 3.05) is 11.9 Å². The van der Waals surface area contributed by atoms with Crippen LogP contribution in [0.5, 0.6) is 0 Å². The van der Waals surface area contributed by atoms with Gasteiger partial charge in [-0.25, -0.2) is 0 Å². The van der Waals surface area contributed by atoms with Gasteiger partial charge < -0.3 is 9.73 Å². The second kappa shape index (κ2) is 6.29. The number of hydrogen-bond donors (Lipinski definition) is 1. The highest BCUT2D eigenvalue weighted by Gasteiger charge is 2.50. The summed E-state index contributed by atoms with van der Waals surface area (Å²) in [5.41, 5.74) is 2.39. The van der Waals surface area contributed by atoms with E-state index in [-0.39, 0.29) is 5.41 Å². The van der Waals surface area contributed by atoms with Crippen LogP contribution < -0.4 is 5.32 Å². The Bertz CT molecular complexity index is 810. The van der Waals surface area contributed by atoms with Gasteiger partial charge in [0.05, 0.1) is 5.41 Å². The van der Waals surface area contributed by atoms with Gasteiger partial charge in [0, 0.05) is 11.6 Å². The first-order valence-electron chi connectivity index (χ1n) is 8.14. The topological polar surface area (TPSA) is 51.0 Å². The first kappa shape index (κ1) is 15.2. The van der Waals surface area contributed by atoms with Gasteiger partial charge in [0.1, 0.15) is 0 Å². The Hall–Kier alpha value is -2.33. The molecule has 0 unspecified atom stereocenters. The van der Waals surface area contributed by atoms with Gasteiger partial charge in [-0.1, -0.05) is 59.2 Å². The molecular weight excluding hydrogens is 322 g/mol. The van der Waals surface area contributed by atoms with Gasteiger partial charge in [-0.2, -0.15) is 0 Å². The molecule has 4 nitrogen and oxygen atoms in total. The summed E-state index contributed by atoms with van der Waals surface area (Å²) in [4.78, 5) is 0. The van der Waals surface area contributed by atoms with Gasteiger partial charge in [-0.15, -0.1) is 5.10 Å². The van der Waals surface area contributed by atoms with Gasteiger partial charge >= 0.3 is 6.01 Å². The molecule has 24 heavy (non-hydrogen) atoms. The Kier molecular flexibility index (Phi) is 3.98. The van der Waals surface area contributed by atoms with E-state index in [0.717, 1.165) is 30.8 Å². The molecule has 122 valence electrons. The van der Waals surface area contributed by atoms with E-state index in [9.17, 15) is 0 Å². The largest absolute Gasteiger partial charge is 0.407 e. The van der Waals surface area contributed by atoms with Crippen LogP contribution in [0.15, 0.2) is 59.0 Å². The van der Waals surface area contributed by atoms with Crippen molar-refractivity contribution in [1.29, 1.82) is 0 Å². The average molecular weight is 340 g/mol. The van der Waals surface area contributed by atoms with Crippen LogP contribution in [-0.2, 0) is 11.8 Å². The fourth-order valence-electron chi connectivity index (χ4n) is 2.96. The number of anilines is 1. The molecule has 0 spiro atoms. The van der Waals surface area contributed by atoms with Crippen molar-refractivity contribution >= 4 is 17.6 Å². The van der Waals surface area contributed by atoms with Crippen molar-refractivity contribution in [3.63, 3.8) is 0 Å². The molecule has 4 rings (SSSR count). The Morgan fingerprint density at radius 1 is 1.00 bits per heavy atom. The molecule has 1 fully saturated rings. The monoisotopic (exact) mass is 339 g/mol. The summed E-state index contributed by atoms with van der Waals surface area (Å²) in [7, 11) is 0. The van der Waals surface area contributed by atoms with E-state index in [4.69, 9.17) is 16.0 Å². The quantitative estimate of drug-likeness (QED) is 0.720. The van der Waals surface area contributed by atoms with Crippen LogP contribution in [0.1, 0.15) is 29.9 Å². The summed E-state index contributed by atoms with van der Waals surface area (Å²) in [6.45, 7) is 0.738. The van der Waals surface area contributed by atoms with Crippen LogP contribution in [-0.4, -0.2) is 16.7 Å². The first-order chi connectivity index (χ1) is 11.8. The maximum absolute atomic E-state index is 5.89. The molecule has 0 aliphatic heterocycles. The summed E-state index contributed by atoms with van der Waals surface area (Å²) in [6, 6.07) is 18.7. The molecule has 0 bridgehead atoms. The maximum Gasteiger partial charge on any atom is 0.315 e. The summed E-state index contributed by atoms with van der Waals surface area (Å²) in [5, 5.41) is 12.4. The molecular formula is C19H18ClN3O. The SMILES string of the molecule is Clc1ccc(CCNc2nnc(C3(c4ccccc4)CC3)o2)cc1. The van der Waals surface area contributed by atoms with Gasteiger partial charge in [-0.05, 0) is 42.5 Å². The highest BCUT2D eigenvalue weighted by molar-refractivity contribution is 6.30. The molecule has 1 saturated carbocycles. The lowest BCUT2D eigenvalue weighted by Crippen LogP contribution is -2.08. The van der Waals surface area contributed by atoms with Crippen molar-refractivity contribution in [1.82, 2.24) is 10.2 Å². The Morgan fingerprint density at radius 3 is 2.46 bits per heavy atom. The Balaban J connectivity index is 1.39. The molecule has 1 heterocycles. The second-order valence-electron chi connectivity index (χ2n) is 6.16. The van der Waals surface area contributed by atoms with Crippen LogP contribution in [0.3, 0.4) is 0 Å². The van der Waals surface area contributed by atoms with Crippen LogP contribution in [0, 0.1) is 0 Å². The predicted molar refractivity (Wildman–Crippen MR) is 94.4 cm³/mol. The van der Waals surface area contributed by atoms with Crippen LogP contribution in [0.4, 0.5) is 6.01 Å². The van der Waals surface area contributed by atoms with Gasteiger partial charge in [0.15, 0.2) is 0 Å². The zero-order valence-corrected chi connectivity index (χ0v) is 14.0. The Morgan fingerprint density at radius 2 is 1.75 bits per heavy atom. The third kappa shape index (κ3) is 3.02. The smallest absolute Gasteiger partial charge is 0.315 e. The van der Waals surface area contributed by atoms with Crippen LogP contribution in [0.2, 0.25) is 5.02 Å². The predicted octanol–water partition coefficient (Wildman–Crippen LogP) is 4.46. The van der Waals surface area contributed by atoms with Crippen LogP contribution in [0.25, 0.3) is 0 Å². The van der Waals surface area contributed by atoms with E-state index < -0.39 is 0 Å². The van der Waals surface area contributed by atoms with Gasteiger partial charge in [0.2, 0.25) is 5.89 Å². The molecule has 1 aliphatic rings. The Labute approximate surface area is 145 Å². The number of aromatic nitrogens is 2. The van der Waals surface area contributed by atoms with Crippen molar-refractivity contribution in [2.24, 2.45) is 0 Å². The number of halogens is 1. The van der Waals surface area contributed by atoms with E-state index in [1.165, 1.54) is 11.1 Å². The third-order valence-corrected chi connectivity index (χ3v) is 4.77. The summed E-state index contributed by atoms with van der Waals surface area (Å²) in [5.74, 6) is 0.711.